The van der Waals surface area contributed by atoms with Crippen molar-refractivity contribution in [2.75, 3.05) is 36.8 Å². The molecule has 2 fully saturated rings. The molecule has 2 N–H and O–H groups in total. The Morgan fingerprint density at radius 3 is 2.59 bits per heavy atom. The number of rotatable bonds is 6. The molecule has 0 aromatic carbocycles. The van der Waals surface area contributed by atoms with Crippen molar-refractivity contribution in [3.63, 3.8) is 0 Å². The van der Waals surface area contributed by atoms with E-state index in [4.69, 9.17) is 19.4 Å². The fourth-order valence-electron chi connectivity index (χ4n) is 5.00. The highest BCUT2D eigenvalue weighted by atomic mass is 32.1. The van der Waals surface area contributed by atoms with Gasteiger partial charge in [0.05, 0.1) is 17.9 Å². The van der Waals surface area contributed by atoms with E-state index in [1.165, 1.54) is 11.3 Å². The third kappa shape index (κ3) is 7.52. The summed E-state index contributed by atoms with van der Waals surface area (Å²) in [7, 11) is 0. The van der Waals surface area contributed by atoms with Crippen molar-refractivity contribution in [1.29, 1.82) is 0 Å². The molecule has 0 bridgehead atoms. The van der Waals surface area contributed by atoms with Crippen LogP contribution in [0.15, 0.2) is 24.4 Å². The zero-order chi connectivity index (χ0) is 27.6. The third-order valence-electron chi connectivity index (χ3n) is 6.54. The van der Waals surface area contributed by atoms with E-state index in [0.29, 0.717) is 31.4 Å². The summed E-state index contributed by atoms with van der Waals surface area (Å²) in [5.74, 6) is 1.25. The number of hydrogen-bond donors (Lipinski definition) is 2. The van der Waals surface area contributed by atoms with Crippen LogP contribution in [0.1, 0.15) is 53.2 Å². The van der Waals surface area contributed by atoms with Crippen LogP contribution in [0.25, 0.3) is 10.3 Å². The third-order valence-corrected chi connectivity index (χ3v) is 7.44. The second-order valence-corrected chi connectivity index (χ2v) is 12.4. The molecule has 5 rings (SSSR count). The van der Waals surface area contributed by atoms with Crippen LogP contribution in [0, 0.1) is 0 Å². The zero-order valence-electron chi connectivity index (χ0n) is 23.3. The van der Waals surface area contributed by atoms with Gasteiger partial charge in [-0.15, -0.1) is 0 Å². The molecule has 39 heavy (non-hydrogen) atoms. The van der Waals surface area contributed by atoms with E-state index in [0.717, 1.165) is 47.1 Å². The minimum Gasteiger partial charge on any atom is -0.444 e. The summed E-state index contributed by atoms with van der Waals surface area (Å²) in [5, 5.41) is 7.63. The molecule has 210 valence electrons. The molecule has 2 saturated heterocycles. The van der Waals surface area contributed by atoms with E-state index >= 15 is 0 Å². The average Bonchev–Trinajstić information content (AvgIpc) is 3.25. The first kappa shape index (κ1) is 27.5. The number of nitrogens with zero attached hydrogens (tertiary/aromatic N) is 6. The molecule has 0 aliphatic carbocycles. The highest BCUT2D eigenvalue weighted by molar-refractivity contribution is 7.21. The molecule has 0 unspecified atom stereocenters. The van der Waals surface area contributed by atoms with Crippen molar-refractivity contribution >= 4 is 44.7 Å². The first-order valence-electron chi connectivity index (χ1n) is 13.6. The van der Waals surface area contributed by atoms with Crippen LogP contribution in [-0.2, 0) is 16.0 Å². The number of amides is 1. The number of hydrogen-bond acceptors (Lipinski definition) is 11. The number of thiazole rings is 1. The number of piperidine rings is 1. The van der Waals surface area contributed by atoms with Gasteiger partial charge in [0, 0.05) is 51.0 Å². The lowest BCUT2D eigenvalue weighted by molar-refractivity contribution is -0.0707. The smallest absolute Gasteiger partial charge is 0.410 e. The number of anilines is 3. The first-order valence-corrected chi connectivity index (χ1v) is 14.4. The summed E-state index contributed by atoms with van der Waals surface area (Å²) in [6.07, 6.45) is 3.44. The molecule has 0 spiro atoms. The minimum absolute atomic E-state index is 0.155. The number of aromatic nitrogens is 4. The van der Waals surface area contributed by atoms with Gasteiger partial charge in [0.25, 0.3) is 0 Å². The molecule has 12 heteroatoms. The van der Waals surface area contributed by atoms with Gasteiger partial charge in [0.15, 0.2) is 5.13 Å². The van der Waals surface area contributed by atoms with Gasteiger partial charge in [-0.1, -0.05) is 11.3 Å². The number of likely N-dealkylation sites (tertiary alicyclic amines) is 1. The second-order valence-electron chi connectivity index (χ2n) is 11.4. The summed E-state index contributed by atoms with van der Waals surface area (Å²) in [4.78, 5) is 36.2. The number of morpholine rings is 1. The van der Waals surface area contributed by atoms with Crippen molar-refractivity contribution in [3.8, 4) is 0 Å². The molecule has 3 aromatic rings. The minimum atomic E-state index is -0.501. The van der Waals surface area contributed by atoms with Crippen LogP contribution in [-0.4, -0.2) is 85.9 Å². The fourth-order valence-corrected chi connectivity index (χ4v) is 5.81. The molecule has 2 aliphatic heterocycles. The maximum absolute atomic E-state index is 12.5. The van der Waals surface area contributed by atoms with Crippen LogP contribution >= 0.6 is 11.3 Å². The largest absolute Gasteiger partial charge is 0.444 e. The number of fused-ring (bicyclic) bond motifs is 1. The molecule has 3 aromatic heterocycles. The van der Waals surface area contributed by atoms with E-state index in [1.807, 2.05) is 39.0 Å². The molecule has 11 nitrogen and oxygen atoms in total. The molecule has 2 aliphatic rings. The maximum Gasteiger partial charge on any atom is 0.410 e. The van der Waals surface area contributed by atoms with Crippen molar-refractivity contribution < 1.29 is 14.3 Å². The molecule has 1 amide bonds. The van der Waals surface area contributed by atoms with Gasteiger partial charge >= 0.3 is 6.09 Å². The lowest BCUT2D eigenvalue weighted by atomic mass is 10.1. The van der Waals surface area contributed by atoms with Gasteiger partial charge in [-0.05, 0) is 59.6 Å². The molecular weight excluding hydrogens is 516 g/mol. The van der Waals surface area contributed by atoms with Crippen molar-refractivity contribution in [2.45, 2.75) is 77.9 Å². The number of pyridine rings is 1. The highest BCUT2D eigenvalue weighted by Crippen LogP contribution is 2.27. The van der Waals surface area contributed by atoms with Gasteiger partial charge in [0.1, 0.15) is 21.8 Å². The Balaban J connectivity index is 1.30. The fraction of sp³-hybridized carbons (Fsp3) is 0.593. The number of carbonyl (C=O) groups excluding carboxylic acids is 1. The lowest BCUT2D eigenvalue weighted by Crippen LogP contribution is -2.45. The average molecular weight is 555 g/mol. The Bertz CT molecular complexity index is 1240. The Labute approximate surface area is 233 Å². The Morgan fingerprint density at radius 1 is 1.15 bits per heavy atom. The van der Waals surface area contributed by atoms with Crippen LogP contribution in [0.4, 0.5) is 21.7 Å². The topological polar surface area (TPSA) is 118 Å². The summed E-state index contributed by atoms with van der Waals surface area (Å²) in [6, 6.07) is 5.98. The van der Waals surface area contributed by atoms with E-state index in [1.54, 1.807) is 11.1 Å². The standard InChI is InChI=1S/C27H38N8O3S/c1-17-14-34(15-18(2)37-17)16-20-13-22(33-25-31-21-7-6-10-28-23(21)39-25)32-24(30-20)29-19-8-11-35(12-9-19)26(36)38-27(3,4)5/h6-7,10,13,17-19H,8-9,11-12,14-16H2,1-5H3,(H2,29,30,31,32,33)/t17-,18+. The van der Waals surface area contributed by atoms with Crippen LogP contribution in [0.3, 0.4) is 0 Å². The number of ether oxygens (including phenoxy) is 2. The number of carbonyl (C=O) groups is 1. The predicted molar refractivity (Wildman–Crippen MR) is 152 cm³/mol. The quantitative estimate of drug-likeness (QED) is 0.446. The maximum atomic E-state index is 12.5. The Hall–Kier alpha value is -3.09. The van der Waals surface area contributed by atoms with Crippen LogP contribution < -0.4 is 10.6 Å². The summed E-state index contributed by atoms with van der Waals surface area (Å²) >= 11 is 1.49. The van der Waals surface area contributed by atoms with Crippen molar-refractivity contribution in [2.24, 2.45) is 0 Å². The van der Waals surface area contributed by atoms with Crippen LogP contribution in [0.5, 0.6) is 0 Å². The van der Waals surface area contributed by atoms with Gasteiger partial charge in [-0.3, -0.25) is 4.90 Å². The van der Waals surface area contributed by atoms with Crippen molar-refractivity contribution in [3.05, 3.63) is 30.1 Å². The molecular formula is C27H38N8O3S. The Morgan fingerprint density at radius 2 is 1.90 bits per heavy atom. The second kappa shape index (κ2) is 11.6. The molecule has 0 saturated carbocycles. The van der Waals surface area contributed by atoms with Gasteiger partial charge in [0.2, 0.25) is 5.95 Å². The lowest BCUT2D eigenvalue weighted by Gasteiger charge is -2.35. The monoisotopic (exact) mass is 554 g/mol. The van der Waals surface area contributed by atoms with Crippen LogP contribution in [0.2, 0.25) is 0 Å². The molecule has 2 atom stereocenters. The SMILES string of the molecule is C[C@@H]1CN(Cc2cc(Nc3nc4cccnc4s3)nc(NC3CCN(C(=O)OC(C)(C)C)CC3)n2)C[C@H](C)O1. The van der Waals surface area contributed by atoms with Crippen molar-refractivity contribution in [1.82, 2.24) is 29.7 Å². The first-order chi connectivity index (χ1) is 18.6. The predicted octanol–water partition coefficient (Wildman–Crippen LogP) is 4.65. The summed E-state index contributed by atoms with van der Waals surface area (Å²) in [5.41, 5.74) is 1.27. The highest BCUT2D eigenvalue weighted by Gasteiger charge is 2.28. The van der Waals surface area contributed by atoms with Gasteiger partial charge in [-0.2, -0.15) is 4.98 Å². The van der Waals surface area contributed by atoms with Gasteiger partial charge in [-0.25, -0.2) is 19.7 Å². The van der Waals surface area contributed by atoms with Gasteiger partial charge < -0.3 is 25.0 Å². The summed E-state index contributed by atoms with van der Waals surface area (Å²) in [6.45, 7) is 13.5. The molecule has 5 heterocycles. The zero-order valence-corrected chi connectivity index (χ0v) is 24.1. The number of nitrogens with one attached hydrogen (secondary N) is 2. The van der Waals surface area contributed by atoms with E-state index in [2.05, 4.69) is 39.3 Å². The summed E-state index contributed by atoms with van der Waals surface area (Å²) < 4.78 is 11.5. The van der Waals surface area contributed by atoms with E-state index in [-0.39, 0.29) is 24.3 Å². The van der Waals surface area contributed by atoms with E-state index < -0.39 is 5.60 Å². The normalized spacial score (nSPS) is 21.2. The Kier molecular flexibility index (Phi) is 8.15. The molecule has 0 radical (unpaired) electrons. The van der Waals surface area contributed by atoms with E-state index in [9.17, 15) is 4.79 Å².